The minimum atomic E-state index is -0.429. The fourth-order valence-electron chi connectivity index (χ4n) is 2.35. The van der Waals surface area contributed by atoms with E-state index in [0.717, 1.165) is 12.0 Å². The summed E-state index contributed by atoms with van der Waals surface area (Å²) < 4.78 is 5.62. The Balaban J connectivity index is 1.79. The molecule has 0 spiro atoms. The molecule has 0 fully saturated rings. The molecule has 8 heteroatoms. The number of carbonyl (C=O) groups is 2. The molecule has 0 bridgehead atoms. The number of hydrogen-bond donors (Lipinski definition) is 3. The van der Waals surface area contributed by atoms with Crippen LogP contribution >= 0.6 is 23.8 Å². The first-order valence-corrected chi connectivity index (χ1v) is 9.56. The van der Waals surface area contributed by atoms with Crippen molar-refractivity contribution in [3.8, 4) is 5.75 Å². The third-order valence-electron chi connectivity index (χ3n) is 4.07. The van der Waals surface area contributed by atoms with Crippen molar-refractivity contribution in [1.29, 1.82) is 0 Å². The number of nitrogens with one attached hydrogen (secondary N) is 3. The van der Waals surface area contributed by atoms with Crippen molar-refractivity contribution >= 4 is 40.7 Å². The van der Waals surface area contributed by atoms with Crippen molar-refractivity contribution in [3.63, 3.8) is 0 Å². The van der Waals surface area contributed by atoms with Gasteiger partial charge in [0.25, 0.3) is 11.8 Å². The van der Waals surface area contributed by atoms with Gasteiger partial charge in [0, 0.05) is 10.6 Å². The highest BCUT2D eigenvalue weighted by Crippen LogP contribution is 2.28. The van der Waals surface area contributed by atoms with Gasteiger partial charge < -0.3 is 4.74 Å². The summed E-state index contributed by atoms with van der Waals surface area (Å²) in [4.78, 5) is 24.0. The van der Waals surface area contributed by atoms with Gasteiger partial charge in [-0.2, -0.15) is 0 Å². The minimum Gasteiger partial charge on any atom is -0.483 e. The molecule has 0 radical (unpaired) electrons. The van der Waals surface area contributed by atoms with Crippen LogP contribution < -0.4 is 20.9 Å². The van der Waals surface area contributed by atoms with E-state index >= 15 is 0 Å². The number of hydrogen-bond acceptors (Lipinski definition) is 4. The maximum Gasteiger partial charge on any atom is 0.276 e. The Labute approximate surface area is 174 Å². The molecule has 0 aliphatic carbocycles. The maximum absolute atomic E-state index is 12.0. The molecule has 6 nitrogen and oxygen atoms in total. The molecule has 0 aliphatic rings. The Kier molecular flexibility index (Phi) is 8.22. The van der Waals surface area contributed by atoms with Gasteiger partial charge in [-0.3, -0.25) is 25.8 Å². The van der Waals surface area contributed by atoms with Crippen LogP contribution in [0.15, 0.2) is 48.5 Å². The molecular weight excluding hydrogens is 398 g/mol. The van der Waals surface area contributed by atoms with E-state index in [-0.39, 0.29) is 11.7 Å². The van der Waals surface area contributed by atoms with E-state index in [1.165, 1.54) is 0 Å². The zero-order valence-electron chi connectivity index (χ0n) is 15.6. The molecule has 2 rings (SSSR count). The van der Waals surface area contributed by atoms with Gasteiger partial charge in [-0.25, -0.2) is 0 Å². The van der Waals surface area contributed by atoms with Gasteiger partial charge in [0.15, 0.2) is 11.7 Å². The number of para-hydroxylation sites is 1. The first-order valence-electron chi connectivity index (χ1n) is 8.78. The average molecular weight is 420 g/mol. The van der Waals surface area contributed by atoms with Crippen molar-refractivity contribution in [2.24, 2.45) is 0 Å². The maximum atomic E-state index is 12.0. The normalized spacial score (nSPS) is 11.2. The lowest BCUT2D eigenvalue weighted by molar-refractivity contribution is -0.123. The summed E-state index contributed by atoms with van der Waals surface area (Å²) in [5.74, 6) is 0.155. The van der Waals surface area contributed by atoms with E-state index in [2.05, 4.69) is 30.0 Å². The van der Waals surface area contributed by atoms with E-state index in [9.17, 15) is 9.59 Å². The lowest BCUT2D eigenvalue weighted by atomic mass is 9.98. The molecule has 0 aliphatic heterocycles. The van der Waals surface area contributed by atoms with E-state index in [1.54, 1.807) is 24.3 Å². The second-order valence-electron chi connectivity index (χ2n) is 6.10. The molecule has 0 saturated heterocycles. The second kappa shape index (κ2) is 10.6. The molecule has 2 aromatic carbocycles. The fourth-order valence-corrected chi connectivity index (χ4v) is 2.62. The second-order valence-corrected chi connectivity index (χ2v) is 6.94. The number of rotatable bonds is 6. The summed E-state index contributed by atoms with van der Waals surface area (Å²) in [6.45, 7) is 4.01. The molecule has 1 unspecified atom stereocenters. The van der Waals surface area contributed by atoms with Gasteiger partial charge in [-0.15, -0.1) is 0 Å². The first-order chi connectivity index (χ1) is 13.4. The van der Waals surface area contributed by atoms with Crippen LogP contribution in [0.5, 0.6) is 5.75 Å². The van der Waals surface area contributed by atoms with Crippen LogP contribution in [0.3, 0.4) is 0 Å². The van der Waals surface area contributed by atoms with Crippen molar-refractivity contribution in [1.82, 2.24) is 16.2 Å². The Hall–Kier alpha value is -2.64. The Morgan fingerprint density at radius 2 is 1.79 bits per heavy atom. The number of hydrazine groups is 1. The van der Waals surface area contributed by atoms with Crippen LogP contribution in [-0.2, 0) is 4.79 Å². The number of halogens is 1. The molecule has 0 saturated carbocycles. The highest BCUT2D eigenvalue weighted by atomic mass is 35.5. The number of benzene rings is 2. The summed E-state index contributed by atoms with van der Waals surface area (Å²) in [6, 6.07) is 14.0. The van der Waals surface area contributed by atoms with E-state index in [0.29, 0.717) is 22.3 Å². The van der Waals surface area contributed by atoms with Crippen LogP contribution in [0.25, 0.3) is 0 Å². The van der Waals surface area contributed by atoms with E-state index in [1.807, 2.05) is 24.3 Å². The Morgan fingerprint density at radius 1 is 1.11 bits per heavy atom. The largest absolute Gasteiger partial charge is 0.483 e. The minimum absolute atomic E-state index is 0.0340. The van der Waals surface area contributed by atoms with Crippen LogP contribution in [0.2, 0.25) is 5.02 Å². The van der Waals surface area contributed by atoms with Crippen molar-refractivity contribution in [3.05, 3.63) is 64.7 Å². The standard InChI is InChI=1S/C20H22ClN3O3S/c1-3-13(2)16-6-4-5-7-17(16)27-12-18(25)23-24-20(28)22-19(26)14-8-10-15(21)11-9-14/h4-11,13H,3,12H2,1-2H3,(H,23,25)(H2,22,24,26,28). The predicted octanol–water partition coefficient (Wildman–Crippen LogP) is 3.57. The van der Waals surface area contributed by atoms with E-state index in [4.69, 9.17) is 28.6 Å². The Bertz CT molecular complexity index is 843. The molecule has 28 heavy (non-hydrogen) atoms. The summed E-state index contributed by atoms with van der Waals surface area (Å²) in [6.07, 6.45) is 0.968. The molecule has 0 heterocycles. The summed E-state index contributed by atoms with van der Waals surface area (Å²) >= 11 is 10.8. The van der Waals surface area contributed by atoms with Gasteiger partial charge in [-0.05, 0) is 60.5 Å². The highest BCUT2D eigenvalue weighted by Gasteiger charge is 2.12. The topological polar surface area (TPSA) is 79.5 Å². The number of ether oxygens (including phenoxy) is 1. The zero-order chi connectivity index (χ0) is 20.5. The summed E-state index contributed by atoms with van der Waals surface area (Å²) in [5.41, 5.74) is 6.31. The SMILES string of the molecule is CCC(C)c1ccccc1OCC(=O)NNC(=S)NC(=O)c1ccc(Cl)cc1. The van der Waals surface area contributed by atoms with Crippen LogP contribution in [0.4, 0.5) is 0 Å². The van der Waals surface area contributed by atoms with Gasteiger partial charge in [0.05, 0.1) is 0 Å². The molecule has 2 aromatic rings. The van der Waals surface area contributed by atoms with Gasteiger partial charge in [-0.1, -0.05) is 43.6 Å². The van der Waals surface area contributed by atoms with Crippen LogP contribution in [-0.4, -0.2) is 23.5 Å². The highest BCUT2D eigenvalue weighted by molar-refractivity contribution is 7.80. The average Bonchev–Trinajstić information content (AvgIpc) is 2.70. The summed E-state index contributed by atoms with van der Waals surface area (Å²) in [7, 11) is 0. The Morgan fingerprint density at radius 3 is 2.46 bits per heavy atom. The van der Waals surface area contributed by atoms with Crippen molar-refractivity contribution in [2.75, 3.05) is 6.61 Å². The van der Waals surface area contributed by atoms with Crippen molar-refractivity contribution in [2.45, 2.75) is 26.2 Å². The zero-order valence-corrected chi connectivity index (χ0v) is 17.2. The smallest absolute Gasteiger partial charge is 0.276 e. The predicted molar refractivity (Wildman–Crippen MR) is 113 cm³/mol. The number of carbonyl (C=O) groups excluding carboxylic acids is 2. The van der Waals surface area contributed by atoms with Gasteiger partial charge in [0.1, 0.15) is 5.75 Å². The number of amides is 2. The third kappa shape index (κ3) is 6.51. The third-order valence-corrected chi connectivity index (χ3v) is 4.53. The lowest BCUT2D eigenvalue weighted by Gasteiger charge is -2.16. The first kappa shape index (κ1) is 21.7. The molecule has 3 N–H and O–H groups in total. The lowest BCUT2D eigenvalue weighted by Crippen LogP contribution is -2.49. The summed E-state index contributed by atoms with van der Waals surface area (Å²) in [5, 5.41) is 2.95. The van der Waals surface area contributed by atoms with E-state index < -0.39 is 11.8 Å². The monoisotopic (exact) mass is 419 g/mol. The molecule has 1 atom stereocenters. The molecular formula is C20H22ClN3O3S. The molecule has 148 valence electrons. The van der Waals surface area contributed by atoms with Crippen LogP contribution in [0, 0.1) is 0 Å². The molecule has 2 amide bonds. The van der Waals surface area contributed by atoms with Crippen LogP contribution in [0.1, 0.15) is 42.1 Å². The van der Waals surface area contributed by atoms with Gasteiger partial charge >= 0.3 is 0 Å². The fraction of sp³-hybridized carbons (Fsp3) is 0.250. The van der Waals surface area contributed by atoms with Gasteiger partial charge in [0.2, 0.25) is 0 Å². The van der Waals surface area contributed by atoms with Crippen molar-refractivity contribution < 1.29 is 14.3 Å². The molecule has 0 aromatic heterocycles. The quantitative estimate of drug-likeness (QED) is 0.492. The number of thiocarbonyl (C=S) groups is 1.